The van der Waals surface area contributed by atoms with Crippen LogP contribution in [0.15, 0.2) is 0 Å². The van der Waals surface area contributed by atoms with E-state index in [1.165, 1.54) is 32.1 Å². The lowest BCUT2D eigenvalue weighted by Crippen LogP contribution is -2.58. The topological polar surface area (TPSA) is 74.6 Å². The summed E-state index contributed by atoms with van der Waals surface area (Å²) in [5.74, 6) is 3.20. The molecule has 4 rings (SSSR count). The average Bonchev–Trinajstić information content (AvgIpc) is 3.03. The van der Waals surface area contributed by atoms with E-state index in [9.17, 15) is 14.7 Å². The van der Waals surface area contributed by atoms with Gasteiger partial charge in [-0.1, -0.05) is 20.8 Å². The molecule has 0 aromatic carbocycles. The molecule has 2 N–H and O–H groups in total. The fourth-order valence-electron chi connectivity index (χ4n) is 9.47. The highest BCUT2D eigenvalue weighted by Crippen LogP contribution is 2.69. The molecule has 4 heteroatoms. The van der Waals surface area contributed by atoms with Crippen LogP contribution in [0, 0.1) is 52.3 Å². The summed E-state index contributed by atoms with van der Waals surface area (Å²) in [5, 5.41) is 19.6. The highest BCUT2D eigenvalue weighted by atomic mass is 16.4. The fraction of sp³-hybridized carbons (Fsp3) is 0.923. The minimum Gasteiger partial charge on any atom is -0.481 e. The normalized spacial score (nSPS) is 48.9. The van der Waals surface area contributed by atoms with Gasteiger partial charge < -0.3 is 10.2 Å². The Morgan fingerprint density at radius 3 is 2.43 bits per heavy atom. The van der Waals surface area contributed by atoms with Gasteiger partial charge in [0.2, 0.25) is 0 Å². The number of hydrogen-bond acceptors (Lipinski definition) is 3. The van der Waals surface area contributed by atoms with Gasteiger partial charge >= 0.3 is 5.97 Å². The molecule has 0 aromatic heterocycles. The first-order valence-electron chi connectivity index (χ1n) is 12.5. The van der Waals surface area contributed by atoms with Crippen LogP contribution in [0.5, 0.6) is 0 Å². The van der Waals surface area contributed by atoms with Crippen molar-refractivity contribution >= 4 is 11.8 Å². The van der Waals surface area contributed by atoms with E-state index < -0.39 is 5.97 Å². The van der Waals surface area contributed by atoms with E-state index in [4.69, 9.17) is 5.11 Å². The summed E-state index contributed by atoms with van der Waals surface area (Å²) in [5.41, 5.74) is 0.366. The summed E-state index contributed by atoms with van der Waals surface area (Å²) in [6.07, 6.45) is 9.63. The molecule has 4 aliphatic rings. The molecule has 0 amide bonds. The number of rotatable bonds is 5. The van der Waals surface area contributed by atoms with Crippen LogP contribution in [0.3, 0.4) is 0 Å². The number of Topliss-reactive ketones (excluding diaryl/α,β-unsaturated/α-hetero) is 1. The van der Waals surface area contributed by atoms with Gasteiger partial charge in [-0.3, -0.25) is 9.59 Å². The fourth-order valence-corrected chi connectivity index (χ4v) is 9.47. The standard InChI is InChI=1S/C26H42O4/c1-15(5-10-24(29)30)20-8-9-21-19-7-6-17-13-18(28)14-23(16(2)27)26(17,4)22(19)11-12-25(20,21)3/h15,17-23,28H,5-14H2,1-4H3,(H,29,30)/t15-,17-,18+,19-,20+,21-,22-,23-,25+,26-/m0/s1. The first-order chi connectivity index (χ1) is 14.1. The van der Waals surface area contributed by atoms with Crippen LogP contribution in [-0.2, 0) is 9.59 Å². The molecule has 30 heavy (non-hydrogen) atoms. The molecule has 0 bridgehead atoms. The lowest BCUT2D eigenvalue weighted by Gasteiger charge is -2.63. The number of fused-ring (bicyclic) bond motifs is 5. The van der Waals surface area contributed by atoms with Crippen molar-refractivity contribution in [1.29, 1.82) is 0 Å². The summed E-state index contributed by atoms with van der Waals surface area (Å²) in [6.45, 7) is 8.93. The highest BCUT2D eigenvalue weighted by molar-refractivity contribution is 5.79. The van der Waals surface area contributed by atoms with Crippen molar-refractivity contribution in [3.8, 4) is 0 Å². The van der Waals surface area contributed by atoms with Gasteiger partial charge in [0.25, 0.3) is 0 Å². The summed E-state index contributed by atoms with van der Waals surface area (Å²) >= 11 is 0. The monoisotopic (exact) mass is 418 g/mol. The van der Waals surface area contributed by atoms with Gasteiger partial charge in [0.1, 0.15) is 5.78 Å². The molecule has 0 saturated heterocycles. The van der Waals surface area contributed by atoms with Crippen LogP contribution in [-0.4, -0.2) is 28.1 Å². The van der Waals surface area contributed by atoms with Gasteiger partial charge in [-0.25, -0.2) is 0 Å². The van der Waals surface area contributed by atoms with E-state index in [1.807, 2.05) is 0 Å². The quantitative estimate of drug-likeness (QED) is 0.633. The molecule has 0 aliphatic heterocycles. The number of hydrogen-bond donors (Lipinski definition) is 2. The molecule has 0 spiro atoms. The molecular weight excluding hydrogens is 376 g/mol. The van der Waals surface area contributed by atoms with Crippen LogP contribution in [0.4, 0.5) is 0 Å². The molecule has 0 aromatic rings. The van der Waals surface area contributed by atoms with E-state index in [0.29, 0.717) is 47.3 Å². The third-order valence-electron chi connectivity index (χ3n) is 10.8. The lowest BCUT2D eigenvalue weighted by molar-refractivity contribution is -0.167. The second-order valence-corrected chi connectivity index (χ2v) is 11.9. The Kier molecular flexibility index (Phi) is 5.87. The van der Waals surface area contributed by atoms with Crippen molar-refractivity contribution in [2.24, 2.45) is 52.3 Å². The highest BCUT2D eigenvalue weighted by Gasteiger charge is 2.63. The SMILES string of the molecule is CC(=O)[C@@H]1C[C@H](O)C[C@@H]2CC[C@H]3[C@@H]4CC[C@H]([C@@H](C)CCC(=O)O)[C@@]4(C)CC[C@@H]3[C@]21C. The van der Waals surface area contributed by atoms with Gasteiger partial charge in [0.05, 0.1) is 6.10 Å². The number of aliphatic hydroxyl groups excluding tert-OH is 1. The van der Waals surface area contributed by atoms with Crippen molar-refractivity contribution in [3.63, 3.8) is 0 Å². The molecule has 0 heterocycles. The van der Waals surface area contributed by atoms with Crippen molar-refractivity contribution < 1.29 is 19.8 Å². The summed E-state index contributed by atoms with van der Waals surface area (Å²) in [4.78, 5) is 23.8. The summed E-state index contributed by atoms with van der Waals surface area (Å²) in [7, 11) is 0. The van der Waals surface area contributed by atoms with Crippen molar-refractivity contribution in [1.82, 2.24) is 0 Å². The third kappa shape index (κ3) is 3.36. The predicted molar refractivity (Wildman–Crippen MR) is 117 cm³/mol. The number of aliphatic carboxylic acids is 1. The number of ketones is 1. The Morgan fingerprint density at radius 1 is 1.03 bits per heavy atom. The van der Waals surface area contributed by atoms with Gasteiger partial charge in [0, 0.05) is 12.3 Å². The van der Waals surface area contributed by atoms with E-state index in [1.54, 1.807) is 6.92 Å². The summed E-state index contributed by atoms with van der Waals surface area (Å²) in [6, 6.07) is 0. The molecule has 4 nitrogen and oxygen atoms in total. The van der Waals surface area contributed by atoms with Gasteiger partial charge in [-0.15, -0.1) is 0 Å². The Bertz CT molecular complexity index is 689. The van der Waals surface area contributed by atoms with E-state index in [0.717, 1.165) is 19.3 Å². The van der Waals surface area contributed by atoms with Crippen LogP contribution in [0.1, 0.15) is 91.9 Å². The molecule has 170 valence electrons. The number of carbonyl (C=O) groups excluding carboxylic acids is 1. The first-order valence-corrected chi connectivity index (χ1v) is 12.5. The minimum absolute atomic E-state index is 0.00935. The van der Waals surface area contributed by atoms with Gasteiger partial charge in [-0.2, -0.15) is 0 Å². The van der Waals surface area contributed by atoms with E-state index in [2.05, 4.69) is 20.8 Å². The lowest BCUT2D eigenvalue weighted by atomic mass is 9.42. The van der Waals surface area contributed by atoms with Crippen LogP contribution >= 0.6 is 0 Å². The zero-order valence-electron chi connectivity index (χ0n) is 19.4. The molecule has 0 unspecified atom stereocenters. The van der Waals surface area contributed by atoms with Crippen molar-refractivity contribution in [2.75, 3.05) is 0 Å². The second kappa shape index (κ2) is 7.90. The largest absolute Gasteiger partial charge is 0.481 e. The molecule has 4 aliphatic carbocycles. The predicted octanol–water partition coefficient (Wildman–Crippen LogP) is 5.32. The van der Waals surface area contributed by atoms with Crippen LogP contribution in [0.25, 0.3) is 0 Å². The van der Waals surface area contributed by atoms with E-state index in [-0.39, 0.29) is 29.6 Å². The maximum atomic E-state index is 12.7. The van der Waals surface area contributed by atoms with Crippen molar-refractivity contribution in [2.45, 2.75) is 98.0 Å². The van der Waals surface area contributed by atoms with Crippen LogP contribution < -0.4 is 0 Å². The molecule has 10 atom stereocenters. The number of carbonyl (C=O) groups is 2. The maximum Gasteiger partial charge on any atom is 0.303 e. The number of aliphatic hydroxyl groups is 1. The van der Waals surface area contributed by atoms with Crippen molar-refractivity contribution in [3.05, 3.63) is 0 Å². The average molecular weight is 419 g/mol. The Balaban J connectivity index is 1.58. The molecule has 4 saturated carbocycles. The summed E-state index contributed by atoms with van der Waals surface area (Å²) < 4.78 is 0. The molecular formula is C26H42O4. The zero-order valence-corrected chi connectivity index (χ0v) is 19.4. The van der Waals surface area contributed by atoms with E-state index >= 15 is 0 Å². The Labute approximate surface area is 182 Å². The number of carboxylic acid groups (broad SMARTS) is 1. The molecule has 0 radical (unpaired) electrons. The Morgan fingerprint density at radius 2 is 1.77 bits per heavy atom. The van der Waals surface area contributed by atoms with Crippen LogP contribution in [0.2, 0.25) is 0 Å². The minimum atomic E-state index is -0.675. The second-order valence-electron chi connectivity index (χ2n) is 11.9. The molecule has 4 fully saturated rings. The zero-order chi connectivity index (χ0) is 21.8. The maximum absolute atomic E-state index is 12.7. The smallest absolute Gasteiger partial charge is 0.303 e. The Hall–Kier alpha value is -0.900. The van der Waals surface area contributed by atoms with Gasteiger partial charge in [-0.05, 0) is 111 Å². The third-order valence-corrected chi connectivity index (χ3v) is 10.8. The number of carboxylic acids is 1. The van der Waals surface area contributed by atoms with Gasteiger partial charge in [0.15, 0.2) is 0 Å². The first kappa shape index (κ1) is 22.3.